The van der Waals surface area contributed by atoms with E-state index in [-0.39, 0.29) is 12.5 Å². The molecule has 0 unspecified atom stereocenters. The molecule has 7 heteroatoms. The fourth-order valence-corrected chi connectivity index (χ4v) is 2.80. The number of hydrazine groups is 1. The van der Waals surface area contributed by atoms with E-state index in [9.17, 15) is 14.4 Å². The SMILES string of the molecule is C=CCO[C@@H](C)C(=O)NN1C(=O)NC2(CCC(C)CC2)C1=O. The van der Waals surface area contributed by atoms with E-state index in [2.05, 4.69) is 24.2 Å². The minimum atomic E-state index is -0.859. The second-order valence-corrected chi connectivity index (χ2v) is 6.08. The number of imide groups is 1. The number of carbonyl (C=O) groups is 3. The highest BCUT2D eigenvalue weighted by Gasteiger charge is 2.53. The van der Waals surface area contributed by atoms with Gasteiger partial charge in [-0.05, 0) is 38.5 Å². The summed E-state index contributed by atoms with van der Waals surface area (Å²) in [6, 6.07) is -0.580. The van der Waals surface area contributed by atoms with Crippen LogP contribution in [0.2, 0.25) is 0 Å². The Morgan fingerprint density at radius 2 is 2.18 bits per heavy atom. The van der Waals surface area contributed by atoms with Gasteiger partial charge in [-0.3, -0.25) is 15.0 Å². The Morgan fingerprint density at radius 1 is 1.55 bits per heavy atom. The van der Waals surface area contributed by atoms with E-state index in [0.29, 0.717) is 18.8 Å². The van der Waals surface area contributed by atoms with E-state index in [4.69, 9.17) is 4.74 Å². The zero-order valence-electron chi connectivity index (χ0n) is 13.1. The zero-order chi connectivity index (χ0) is 16.3. The van der Waals surface area contributed by atoms with Crippen LogP contribution in [0.25, 0.3) is 0 Å². The maximum atomic E-state index is 12.5. The molecule has 0 radical (unpaired) electrons. The Bertz CT molecular complexity index is 483. The topological polar surface area (TPSA) is 87.7 Å². The third-order valence-electron chi connectivity index (χ3n) is 4.34. The summed E-state index contributed by atoms with van der Waals surface area (Å²) in [5, 5.41) is 3.53. The van der Waals surface area contributed by atoms with Crippen LogP contribution in [0.5, 0.6) is 0 Å². The summed E-state index contributed by atoms with van der Waals surface area (Å²) in [5.74, 6) is -0.369. The smallest absolute Gasteiger partial charge is 0.344 e. The molecule has 22 heavy (non-hydrogen) atoms. The second kappa shape index (κ2) is 6.48. The van der Waals surface area contributed by atoms with Crippen molar-refractivity contribution >= 4 is 17.8 Å². The summed E-state index contributed by atoms with van der Waals surface area (Å²) in [4.78, 5) is 36.6. The average molecular weight is 309 g/mol. The third kappa shape index (κ3) is 3.14. The molecule has 2 rings (SSSR count). The maximum absolute atomic E-state index is 12.5. The van der Waals surface area contributed by atoms with Crippen LogP contribution in [0, 0.1) is 5.92 Å². The van der Waals surface area contributed by atoms with E-state index in [1.54, 1.807) is 6.92 Å². The molecule has 2 aliphatic rings. The normalized spacial score (nSPS) is 29.4. The number of ether oxygens (including phenoxy) is 1. The average Bonchev–Trinajstić information content (AvgIpc) is 2.72. The first-order chi connectivity index (χ1) is 10.4. The summed E-state index contributed by atoms with van der Waals surface area (Å²) in [5.41, 5.74) is 1.48. The summed E-state index contributed by atoms with van der Waals surface area (Å²) < 4.78 is 5.18. The highest BCUT2D eigenvalue weighted by atomic mass is 16.5. The van der Waals surface area contributed by atoms with Gasteiger partial charge in [-0.15, -0.1) is 6.58 Å². The fourth-order valence-electron chi connectivity index (χ4n) is 2.80. The number of nitrogens with one attached hydrogen (secondary N) is 2. The molecule has 7 nitrogen and oxygen atoms in total. The predicted molar refractivity (Wildman–Crippen MR) is 79.5 cm³/mol. The third-order valence-corrected chi connectivity index (χ3v) is 4.34. The summed E-state index contributed by atoms with van der Waals surface area (Å²) in [7, 11) is 0. The van der Waals surface area contributed by atoms with Gasteiger partial charge in [0.05, 0.1) is 6.61 Å². The van der Waals surface area contributed by atoms with Gasteiger partial charge in [-0.1, -0.05) is 13.0 Å². The molecule has 1 heterocycles. The Labute approximate surface area is 130 Å². The van der Waals surface area contributed by atoms with Crippen LogP contribution < -0.4 is 10.7 Å². The molecule has 0 aromatic rings. The van der Waals surface area contributed by atoms with Crippen molar-refractivity contribution in [3.8, 4) is 0 Å². The summed E-state index contributed by atoms with van der Waals surface area (Å²) in [6.45, 7) is 7.40. The Kier molecular flexibility index (Phi) is 4.85. The summed E-state index contributed by atoms with van der Waals surface area (Å²) in [6.07, 6.45) is 3.72. The molecule has 4 amide bonds. The molecular weight excluding hydrogens is 286 g/mol. The molecule has 0 bridgehead atoms. The Hall–Kier alpha value is -1.89. The molecule has 1 atom stereocenters. The molecule has 1 saturated carbocycles. The first-order valence-electron chi connectivity index (χ1n) is 7.59. The van der Waals surface area contributed by atoms with Crippen LogP contribution in [-0.4, -0.2) is 41.1 Å². The Morgan fingerprint density at radius 3 is 2.77 bits per heavy atom. The van der Waals surface area contributed by atoms with Crippen LogP contribution in [0.1, 0.15) is 39.5 Å². The fraction of sp³-hybridized carbons (Fsp3) is 0.667. The molecule has 0 aromatic carbocycles. The molecule has 1 spiro atoms. The Balaban J connectivity index is 2.00. The first kappa shape index (κ1) is 16.5. The molecule has 1 saturated heterocycles. The van der Waals surface area contributed by atoms with Crippen molar-refractivity contribution in [3.05, 3.63) is 12.7 Å². The van der Waals surface area contributed by atoms with Crippen molar-refractivity contribution in [2.45, 2.75) is 51.2 Å². The molecule has 1 aliphatic heterocycles. The number of carbonyl (C=O) groups excluding carboxylic acids is 3. The van der Waals surface area contributed by atoms with Crippen LogP contribution in [-0.2, 0) is 14.3 Å². The molecule has 2 fully saturated rings. The van der Waals surface area contributed by atoms with Crippen molar-refractivity contribution < 1.29 is 19.1 Å². The predicted octanol–water partition coefficient (Wildman–Crippen LogP) is 1.11. The van der Waals surface area contributed by atoms with Gasteiger partial charge in [0.1, 0.15) is 11.6 Å². The van der Waals surface area contributed by atoms with Gasteiger partial charge >= 0.3 is 6.03 Å². The number of hydrogen-bond donors (Lipinski definition) is 2. The van der Waals surface area contributed by atoms with Crippen molar-refractivity contribution in [1.29, 1.82) is 0 Å². The van der Waals surface area contributed by atoms with Crippen molar-refractivity contribution in [1.82, 2.24) is 15.8 Å². The van der Waals surface area contributed by atoms with Gasteiger partial charge in [0.25, 0.3) is 11.8 Å². The van der Waals surface area contributed by atoms with Crippen LogP contribution >= 0.6 is 0 Å². The van der Waals surface area contributed by atoms with Gasteiger partial charge in [0.2, 0.25) is 0 Å². The van der Waals surface area contributed by atoms with Gasteiger partial charge in [0.15, 0.2) is 0 Å². The monoisotopic (exact) mass is 309 g/mol. The minimum Gasteiger partial charge on any atom is -0.365 e. The highest BCUT2D eigenvalue weighted by Crippen LogP contribution is 2.35. The van der Waals surface area contributed by atoms with Crippen LogP contribution in [0.15, 0.2) is 12.7 Å². The van der Waals surface area contributed by atoms with Crippen molar-refractivity contribution in [3.63, 3.8) is 0 Å². The number of nitrogens with zero attached hydrogens (tertiary/aromatic N) is 1. The van der Waals surface area contributed by atoms with Crippen LogP contribution in [0.3, 0.4) is 0 Å². The van der Waals surface area contributed by atoms with E-state index < -0.39 is 23.6 Å². The molecular formula is C15H23N3O4. The lowest BCUT2D eigenvalue weighted by Crippen LogP contribution is -2.53. The van der Waals surface area contributed by atoms with E-state index >= 15 is 0 Å². The quantitative estimate of drug-likeness (QED) is 0.588. The first-order valence-corrected chi connectivity index (χ1v) is 7.59. The van der Waals surface area contributed by atoms with E-state index in [1.807, 2.05) is 0 Å². The van der Waals surface area contributed by atoms with Crippen molar-refractivity contribution in [2.24, 2.45) is 5.92 Å². The standard InChI is InChI=1S/C15H23N3O4/c1-4-9-22-11(3)12(19)17-18-13(20)15(16-14(18)21)7-5-10(2)6-8-15/h4,10-11H,1,5-9H2,2-3H3,(H,16,21)(H,17,19)/t10?,11-,15?/m0/s1. The van der Waals surface area contributed by atoms with Gasteiger partial charge < -0.3 is 10.1 Å². The molecule has 0 aromatic heterocycles. The highest BCUT2D eigenvalue weighted by molar-refractivity contribution is 6.08. The molecule has 2 N–H and O–H groups in total. The number of amides is 4. The zero-order valence-corrected chi connectivity index (χ0v) is 13.1. The number of urea groups is 1. The number of rotatable bonds is 5. The summed E-state index contributed by atoms with van der Waals surface area (Å²) >= 11 is 0. The van der Waals surface area contributed by atoms with Gasteiger partial charge in [-0.25, -0.2) is 4.79 Å². The van der Waals surface area contributed by atoms with E-state index in [1.165, 1.54) is 6.08 Å². The lowest BCUT2D eigenvalue weighted by Gasteiger charge is -2.33. The number of hydrogen-bond acceptors (Lipinski definition) is 4. The largest absolute Gasteiger partial charge is 0.365 e. The lowest BCUT2D eigenvalue weighted by atomic mass is 9.77. The maximum Gasteiger partial charge on any atom is 0.344 e. The second-order valence-electron chi connectivity index (χ2n) is 6.08. The minimum absolute atomic E-state index is 0.219. The molecule has 1 aliphatic carbocycles. The lowest BCUT2D eigenvalue weighted by molar-refractivity contribution is -0.144. The van der Waals surface area contributed by atoms with Gasteiger partial charge in [0, 0.05) is 0 Å². The van der Waals surface area contributed by atoms with Gasteiger partial charge in [-0.2, -0.15) is 5.01 Å². The molecule has 122 valence electrons. The van der Waals surface area contributed by atoms with Crippen LogP contribution in [0.4, 0.5) is 4.79 Å². The van der Waals surface area contributed by atoms with E-state index in [0.717, 1.165) is 17.9 Å². The van der Waals surface area contributed by atoms with Crippen molar-refractivity contribution in [2.75, 3.05) is 6.61 Å².